The number of nitrogens with one attached hydrogen (secondary N) is 1. The molecule has 1 aromatic heterocycles. The van der Waals surface area contributed by atoms with Gasteiger partial charge in [0.2, 0.25) is 0 Å². The lowest BCUT2D eigenvalue weighted by Gasteiger charge is -2.10. The van der Waals surface area contributed by atoms with E-state index in [9.17, 15) is 9.59 Å². The van der Waals surface area contributed by atoms with E-state index in [1.807, 2.05) is 38.1 Å². The number of anilines is 1. The SMILES string of the molecule is Cc1ccc(-c2c(C)sc(NC(=O)[C@@H]3CCCO3)c2C(N)=O)cc1. The molecule has 0 aliphatic carbocycles. The van der Waals surface area contributed by atoms with Crippen LogP contribution in [0.15, 0.2) is 24.3 Å². The third-order valence-electron chi connectivity index (χ3n) is 4.13. The van der Waals surface area contributed by atoms with Gasteiger partial charge in [-0.3, -0.25) is 9.59 Å². The third kappa shape index (κ3) is 3.20. The minimum atomic E-state index is -0.544. The lowest BCUT2D eigenvalue weighted by Crippen LogP contribution is -2.27. The van der Waals surface area contributed by atoms with Gasteiger partial charge in [-0.1, -0.05) is 29.8 Å². The molecule has 1 aliphatic rings. The molecule has 0 radical (unpaired) electrons. The molecule has 0 saturated carbocycles. The van der Waals surface area contributed by atoms with Crippen LogP contribution in [0.4, 0.5) is 5.00 Å². The topological polar surface area (TPSA) is 81.4 Å². The van der Waals surface area contributed by atoms with Gasteiger partial charge in [0.1, 0.15) is 11.1 Å². The van der Waals surface area contributed by atoms with Crippen molar-refractivity contribution >= 4 is 28.2 Å². The monoisotopic (exact) mass is 344 g/mol. The number of benzene rings is 1. The molecular weight excluding hydrogens is 324 g/mol. The number of ether oxygens (including phenoxy) is 1. The molecule has 0 unspecified atom stereocenters. The van der Waals surface area contributed by atoms with Gasteiger partial charge < -0.3 is 15.8 Å². The molecule has 1 aliphatic heterocycles. The first-order chi connectivity index (χ1) is 11.5. The highest BCUT2D eigenvalue weighted by molar-refractivity contribution is 7.17. The van der Waals surface area contributed by atoms with Crippen molar-refractivity contribution in [3.8, 4) is 11.1 Å². The number of rotatable bonds is 4. The second-order valence-electron chi connectivity index (χ2n) is 5.96. The maximum Gasteiger partial charge on any atom is 0.254 e. The largest absolute Gasteiger partial charge is 0.368 e. The van der Waals surface area contributed by atoms with Crippen molar-refractivity contribution in [2.24, 2.45) is 5.73 Å². The molecule has 3 N–H and O–H groups in total. The number of carbonyl (C=O) groups excluding carboxylic acids is 2. The Morgan fingerprint density at radius 3 is 2.54 bits per heavy atom. The van der Waals surface area contributed by atoms with E-state index < -0.39 is 12.0 Å². The fourth-order valence-electron chi connectivity index (χ4n) is 2.91. The summed E-state index contributed by atoms with van der Waals surface area (Å²) in [6.07, 6.45) is 1.13. The smallest absolute Gasteiger partial charge is 0.254 e. The minimum absolute atomic E-state index is 0.216. The predicted octanol–water partition coefficient (Wildman–Crippen LogP) is 3.25. The van der Waals surface area contributed by atoms with Gasteiger partial charge in [0.15, 0.2) is 0 Å². The van der Waals surface area contributed by atoms with E-state index in [2.05, 4.69) is 5.32 Å². The van der Waals surface area contributed by atoms with Crippen LogP contribution in [0.3, 0.4) is 0 Å². The Labute approximate surface area is 144 Å². The Kier molecular flexibility index (Phi) is 4.69. The van der Waals surface area contributed by atoms with Crippen molar-refractivity contribution in [3.63, 3.8) is 0 Å². The summed E-state index contributed by atoms with van der Waals surface area (Å²) >= 11 is 1.37. The zero-order valence-electron chi connectivity index (χ0n) is 13.7. The number of amides is 2. The van der Waals surface area contributed by atoms with Gasteiger partial charge in [0.05, 0.1) is 5.56 Å². The first kappa shape index (κ1) is 16.7. The van der Waals surface area contributed by atoms with E-state index in [0.717, 1.165) is 28.0 Å². The average molecular weight is 344 g/mol. The Bertz CT molecular complexity index is 774. The summed E-state index contributed by atoms with van der Waals surface area (Å²) in [6, 6.07) is 7.90. The van der Waals surface area contributed by atoms with Gasteiger partial charge in [-0.05, 0) is 32.3 Å². The zero-order chi connectivity index (χ0) is 17.3. The van der Waals surface area contributed by atoms with Crippen LogP contribution >= 0.6 is 11.3 Å². The van der Waals surface area contributed by atoms with Crippen LogP contribution in [-0.4, -0.2) is 24.5 Å². The van der Waals surface area contributed by atoms with Crippen molar-refractivity contribution in [1.82, 2.24) is 0 Å². The summed E-state index contributed by atoms with van der Waals surface area (Å²) in [5, 5.41) is 3.33. The van der Waals surface area contributed by atoms with Crippen LogP contribution in [0, 0.1) is 13.8 Å². The van der Waals surface area contributed by atoms with Crippen LogP contribution in [0.2, 0.25) is 0 Å². The molecule has 24 heavy (non-hydrogen) atoms. The summed E-state index contributed by atoms with van der Waals surface area (Å²) < 4.78 is 5.40. The van der Waals surface area contributed by atoms with Crippen molar-refractivity contribution in [1.29, 1.82) is 0 Å². The molecule has 2 aromatic rings. The number of aryl methyl sites for hydroxylation is 2. The first-order valence-electron chi connectivity index (χ1n) is 7.90. The molecule has 1 saturated heterocycles. The summed E-state index contributed by atoms with van der Waals surface area (Å²) in [6.45, 7) is 4.53. The standard InChI is InChI=1S/C18H20N2O3S/c1-10-5-7-12(8-6-10)14-11(2)24-18(15(14)16(19)21)20-17(22)13-4-3-9-23-13/h5-8,13H,3-4,9H2,1-2H3,(H2,19,21)(H,20,22)/t13-/m0/s1. The molecule has 1 aromatic carbocycles. The molecule has 126 valence electrons. The van der Waals surface area contributed by atoms with Crippen LogP contribution in [0.5, 0.6) is 0 Å². The highest BCUT2D eigenvalue weighted by Crippen LogP contribution is 2.40. The second kappa shape index (κ2) is 6.75. The third-order valence-corrected chi connectivity index (χ3v) is 5.15. The highest BCUT2D eigenvalue weighted by atomic mass is 32.1. The minimum Gasteiger partial charge on any atom is -0.368 e. The quantitative estimate of drug-likeness (QED) is 0.893. The maximum atomic E-state index is 12.3. The van der Waals surface area contributed by atoms with E-state index in [0.29, 0.717) is 23.6 Å². The molecule has 0 bridgehead atoms. The normalized spacial score (nSPS) is 17.0. The van der Waals surface area contributed by atoms with Gasteiger partial charge in [-0.15, -0.1) is 11.3 Å². The predicted molar refractivity (Wildman–Crippen MR) is 95.4 cm³/mol. The van der Waals surface area contributed by atoms with Gasteiger partial charge >= 0.3 is 0 Å². The van der Waals surface area contributed by atoms with Crippen LogP contribution < -0.4 is 11.1 Å². The van der Waals surface area contributed by atoms with Crippen molar-refractivity contribution < 1.29 is 14.3 Å². The molecule has 5 nitrogen and oxygen atoms in total. The summed E-state index contributed by atoms with van der Waals surface area (Å²) in [7, 11) is 0. The number of hydrogen-bond acceptors (Lipinski definition) is 4. The number of primary amides is 1. The number of nitrogens with two attached hydrogens (primary N) is 1. The van der Waals surface area contributed by atoms with Crippen LogP contribution in [0.25, 0.3) is 11.1 Å². The number of carbonyl (C=O) groups is 2. The van der Waals surface area contributed by atoms with Crippen LogP contribution in [-0.2, 0) is 9.53 Å². The molecule has 1 atom stereocenters. The molecular formula is C18H20N2O3S. The molecule has 6 heteroatoms. The van der Waals surface area contributed by atoms with Gasteiger partial charge in [0.25, 0.3) is 11.8 Å². The van der Waals surface area contributed by atoms with Gasteiger partial charge in [-0.25, -0.2) is 0 Å². The molecule has 2 heterocycles. The van der Waals surface area contributed by atoms with E-state index in [1.54, 1.807) is 0 Å². The Balaban J connectivity index is 1.98. The summed E-state index contributed by atoms with van der Waals surface area (Å²) in [5.74, 6) is -0.760. The summed E-state index contributed by atoms with van der Waals surface area (Å²) in [4.78, 5) is 25.3. The average Bonchev–Trinajstić information content (AvgIpc) is 3.16. The number of hydrogen-bond donors (Lipinski definition) is 2. The number of thiophene rings is 1. The van der Waals surface area contributed by atoms with E-state index >= 15 is 0 Å². The van der Waals surface area contributed by atoms with Crippen molar-refractivity contribution in [2.75, 3.05) is 11.9 Å². The van der Waals surface area contributed by atoms with Gasteiger partial charge in [0, 0.05) is 17.0 Å². The second-order valence-corrected chi connectivity index (χ2v) is 7.18. The fraction of sp³-hybridized carbons (Fsp3) is 0.333. The van der Waals surface area contributed by atoms with Crippen molar-refractivity contribution in [2.45, 2.75) is 32.8 Å². The van der Waals surface area contributed by atoms with E-state index in [-0.39, 0.29) is 5.91 Å². The maximum absolute atomic E-state index is 12.3. The lowest BCUT2D eigenvalue weighted by molar-refractivity contribution is -0.124. The Morgan fingerprint density at radius 1 is 1.25 bits per heavy atom. The van der Waals surface area contributed by atoms with Crippen LogP contribution in [0.1, 0.15) is 33.6 Å². The Morgan fingerprint density at radius 2 is 1.96 bits per heavy atom. The van der Waals surface area contributed by atoms with Crippen molar-refractivity contribution in [3.05, 3.63) is 40.3 Å². The molecule has 2 amide bonds. The molecule has 0 spiro atoms. The highest BCUT2D eigenvalue weighted by Gasteiger charge is 2.27. The Hall–Kier alpha value is -2.18. The summed E-state index contributed by atoms with van der Waals surface area (Å²) in [5.41, 5.74) is 8.82. The van der Waals surface area contributed by atoms with E-state index in [4.69, 9.17) is 10.5 Å². The molecule has 3 rings (SSSR count). The van der Waals surface area contributed by atoms with E-state index in [1.165, 1.54) is 11.3 Å². The lowest BCUT2D eigenvalue weighted by atomic mass is 10.00. The van der Waals surface area contributed by atoms with Gasteiger partial charge in [-0.2, -0.15) is 0 Å². The first-order valence-corrected chi connectivity index (χ1v) is 8.71. The zero-order valence-corrected chi connectivity index (χ0v) is 14.5. The fourth-order valence-corrected chi connectivity index (χ4v) is 4.00. The molecule has 1 fully saturated rings.